The van der Waals surface area contributed by atoms with Crippen molar-refractivity contribution in [1.82, 2.24) is 4.90 Å². The van der Waals surface area contributed by atoms with Crippen molar-refractivity contribution in [2.45, 2.75) is 59.5 Å². The van der Waals surface area contributed by atoms with Crippen molar-refractivity contribution in [3.8, 4) is 0 Å². The molecule has 4 N–H and O–H groups in total. The Kier molecular flexibility index (Phi) is 7.82. The van der Waals surface area contributed by atoms with E-state index < -0.39 is 0 Å². The molecule has 0 aromatic heterocycles. The van der Waals surface area contributed by atoms with Crippen molar-refractivity contribution in [2.75, 3.05) is 24.3 Å². The molecule has 218 valence electrons. The lowest BCUT2D eigenvalue weighted by molar-refractivity contribution is -0.118. The predicted molar refractivity (Wildman–Crippen MR) is 175 cm³/mol. The predicted octanol–water partition coefficient (Wildman–Crippen LogP) is 7.42. The first-order valence-electron chi connectivity index (χ1n) is 15.3. The zero-order valence-electron chi connectivity index (χ0n) is 26.6. The van der Waals surface area contributed by atoms with Gasteiger partial charge in [0.05, 0.1) is 11.4 Å². The molecule has 0 amide bonds. The molecule has 0 fully saturated rings. The second kappa shape index (κ2) is 11.5. The average molecular weight is 561 g/mol. The van der Waals surface area contributed by atoms with Gasteiger partial charge in [-0.05, 0) is 88.8 Å². The number of nitrogens with zero attached hydrogens (tertiary/aromatic N) is 1. The number of ketones is 1. The molecule has 0 unspecified atom stereocenters. The molecule has 5 nitrogen and oxygen atoms in total. The minimum absolute atomic E-state index is 0. The number of aryl methyl sites for hydroxylation is 1. The Bertz CT molecular complexity index is 1610. The number of nitrogens with two attached hydrogens (primary N) is 1. The average Bonchev–Trinajstić information content (AvgIpc) is 3.92. The van der Waals surface area contributed by atoms with Crippen LogP contribution in [0.4, 0.5) is 11.4 Å². The molecule has 6 rings (SSSR count). The molecule has 42 heavy (non-hydrogen) atoms. The number of anilines is 2. The van der Waals surface area contributed by atoms with Crippen LogP contribution < -0.4 is 16.6 Å². The minimum atomic E-state index is -0.187. The van der Waals surface area contributed by atoms with E-state index in [1.165, 1.54) is 39.0 Å². The molecule has 5 heteroatoms. The molecule has 3 aromatic rings. The van der Waals surface area contributed by atoms with Crippen molar-refractivity contribution >= 4 is 22.7 Å². The van der Waals surface area contributed by atoms with E-state index in [9.17, 15) is 4.79 Å². The number of hydrogen-bond acceptors (Lipinski definition) is 5. The third-order valence-electron chi connectivity index (χ3n) is 9.66. The number of hydrazine groups is 1. The third-order valence-corrected chi connectivity index (χ3v) is 9.66. The summed E-state index contributed by atoms with van der Waals surface area (Å²) in [7, 11) is 1.90. The Labute approximate surface area is 252 Å². The highest BCUT2D eigenvalue weighted by molar-refractivity contribution is 6.01. The summed E-state index contributed by atoms with van der Waals surface area (Å²) in [6.45, 7) is 11.6. The van der Waals surface area contributed by atoms with Crippen LogP contribution in [0.25, 0.3) is 5.57 Å². The number of allylic oxidation sites excluding steroid dienone is 3. The first-order valence-corrected chi connectivity index (χ1v) is 15.3. The smallest absolute Gasteiger partial charge is 0.162 e. The summed E-state index contributed by atoms with van der Waals surface area (Å²) in [5.41, 5.74) is 17.5. The number of Topliss-reactive ketones (excluding diaryl/α,β-unsaturated/α-hetero) is 1. The lowest BCUT2D eigenvalue weighted by atomic mass is 9.76. The SMILES string of the molecule is CC[C@@H]1CN(Cc2cc([C@@H](c3ccc(NC)c(NN)c3C)[C@H](C)C(=O)C3=CC3)ccc2C)Cc2ccccc2C2=C1[CH]2.[H]. The first kappa shape index (κ1) is 28.4. The zero-order valence-corrected chi connectivity index (χ0v) is 25.6. The summed E-state index contributed by atoms with van der Waals surface area (Å²) >= 11 is 0. The fraction of sp³-hybridized carbons (Fsp3) is 0.351. The van der Waals surface area contributed by atoms with Gasteiger partial charge in [0, 0.05) is 46.4 Å². The van der Waals surface area contributed by atoms with Gasteiger partial charge in [0.15, 0.2) is 5.78 Å². The van der Waals surface area contributed by atoms with Crippen LogP contribution in [0.2, 0.25) is 0 Å². The van der Waals surface area contributed by atoms with Crippen molar-refractivity contribution < 1.29 is 6.22 Å². The van der Waals surface area contributed by atoms with E-state index in [0.717, 1.165) is 60.6 Å². The second-order valence-corrected chi connectivity index (χ2v) is 12.3. The van der Waals surface area contributed by atoms with Crippen LogP contribution in [0.15, 0.2) is 71.8 Å². The molecule has 0 spiro atoms. The number of nitrogens with one attached hydrogen (secondary N) is 2. The van der Waals surface area contributed by atoms with Crippen LogP contribution in [0.1, 0.15) is 73.0 Å². The van der Waals surface area contributed by atoms with Crippen LogP contribution in [0, 0.1) is 32.1 Å². The van der Waals surface area contributed by atoms with Crippen LogP contribution in [-0.2, 0) is 17.9 Å². The van der Waals surface area contributed by atoms with Crippen LogP contribution in [-0.4, -0.2) is 24.3 Å². The summed E-state index contributed by atoms with van der Waals surface area (Å²) in [5, 5.41) is 3.24. The zero-order chi connectivity index (χ0) is 29.5. The third kappa shape index (κ3) is 5.32. The Morgan fingerprint density at radius 3 is 2.64 bits per heavy atom. The van der Waals surface area contributed by atoms with E-state index in [-0.39, 0.29) is 19.0 Å². The van der Waals surface area contributed by atoms with Gasteiger partial charge < -0.3 is 10.7 Å². The van der Waals surface area contributed by atoms with E-state index in [0.29, 0.717) is 5.92 Å². The van der Waals surface area contributed by atoms with E-state index in [2.05, 4.69) is 104 Å². The van der Waals surface area contributed by atoms with E-state index in [1.807, 2.05) is 13.1 Å². The highest BCUT2D eigenvalue weighted by Gasteiger charge is 2.35. The number of carbonyl (C=O) groups is 1. The van der Waals surface area contributed by atoms with Gasteiger partial charge in [-0.15, -0.1) is 0 Å². The molecule has 3 aromatic carbocycles. The minimum Gasteiger partial charge on any atom is -0.386 e. The fourth-order valence-corrected chi connectivity index (χ4v) is 6.99. The molecule has 0 saturated heterocycles. The van der Waals surface area contributed by atoms with E-state index in [4.69, 9.17) is 5.84 Å². The highest BCUT2D eigenvalue weighted by Crippen LogP contribution is 2.48. The van der Waals surface area contributed by atoms with Crippen molar-refractivity contribution in [3.63, 3.8) is 0 Å². The van der Waals surface area contributed by atoms with Gasteiger partial charge in [0.25, 0.3) is 0 Å². The largest absolute Gasteiger partial charge is 0.386 e. The highest BCUT2D eigenvalue weighted by atomic mass is 16.1. The maximum absolute atomic E-state index is 13.5. The lowest BCUT2D eigenvalue weighted by Gasteiger charge is -2.30. The number of carbonyl (C=O) groups excluding carboxylic acids is 1. The van der Waals surface area contributed by atoms with Gasteiger partial charge in [-0.1, -0.05) is 74.0 Å². The quantitative estimate of drug-likeness (QED) is 0.178. The molecule has 2 aliphatic carbocycles. The van der Waals surface area contributed by atoms with Gasteiger partial charge in [0.1, 0.15) is 0 Å². The first-order chi connectivity index (χ1) is 20.3. The van der Waals surface area contributed by atoms with Gasteiger partial charge in [-0.25, -0.2) is 0 Å². The lowest BCUT2D eigenvalue weighted by Crippen LogP contribution is -2.30. The summed E-state index contributed by atoms with van der Waals surface area (Å²) in [6, 6.07) is 19.9. The molecule has 1 aliphatic heterocycles. The van der Waals surface area contributed by atoms with Crippen molar-refractivity contribution in [2.24, 2.45) is 17.7 Å². The second-order valence-electron chi connectivity index (χ2n) is 12.3. The number of nitrogen functional groups attached to an aromatic ring is 1. The Morgan fingerprint density at radius 1 is 1.14 bits per heavy atom. The van der Waals surface area contributed by atoms with Gasteiger partial charge in [-0.3, -0.25) is 15.5 Å². The number of hydrogen-bond donors (Lipinski definition) is 3. The fourth-order valence-electron chi connectivity index (χ4n) is 6.99. The number of fused-ring (bicyclic) bond motifs is 2. The molecule has 3 atom stereocenters. The van der Waals surface area contributed by atoms with Crippen LogP contribution >= 0.6 is 0 Å². The summed E-state index contributed by atoms with van der Waals surface area (Å²) in [4.78, 5) is 16.1. The topological polar surface area (TPSA) is 70.4 Å². The maximum Gasteiger partial charge on any atom is 0.162 e. The molecule has 3 aliphatic rings. The van der Waals surface area contributed by atoms with Crippen molar-refractivity contribution in [1.29, 1.82) is 0 Å². The van der Waals surface area contributed by atoms with Gasteiger partial charge in [0.2, 0.25) is 0 Å². The Hall–Kier alpha value is -3.67. The molecular formula is C37H44N4O. The van der Waals surface area contributed by atoms with E-state index >= 15 is 0 Å². The Morgan fingerprint density at radius 2 is 1.93 bits per heavy atom. The molecule has 0 bridgehead atoms. The van der Waals surface area contributed by atoms with Crippen molar-refractivity contribution in [3.05, 3.63) is 117 Å². The molecule has 0 saturated carbocycles. The number of rotatable bonds is 10. The molecule has 1 heterocycles. The molecular weight excluding hydrogens is 516 g/mol. The number of benzene rings is 3. The van der Waals surface area contributed by atoms with Crippen LogP contribution in [0.5, 0.6) is 0 Å². The van der Waals surface area contributed by atoms with Crippen LogP contribution in [0.3, 0.4) is 0 Å². The summed E-state index contributed by atoms with van der Waals surface area (Å²) in [6.07, 6.45) is 6.39. The van der Waals surface area contributed by atoms with Gasteiger partial charge in [-0.2, -0.15) is 0 Å². The Balaban J connectivity index is 0.00000368. The standard InChI is InChI=1S/C37H43N4O.H/c1-6-25-19-41(20-28-9-7-8-10-31(28)33-18-32(25)33)21-29-17-27(12-11-22(29)2)35(24(4)37(42)26-13-14-26)30-15-16-34(39-5)36(40-38)23(30)3;/h7-13,15-18,24-25,35,39-40H,6,14,19-21,38H2,1-5H3;/t24-,25+,35-;/m0./s1. The summed E-state index contributed by atoms with van der Waals surface area (Å²) in [5.74, 6) is 6.53. The molecule has 2 radical (unpaired) electrons. The normalized spacial score (nSPS) is 19.1. The maximum atomic E-state index is 13.5. The van der Waals surface area contributed by atoms with E-state index in [1.54, 1.807) is 0 Å². The summed E-state index contributed by atoms with van der Waals surface area (Å²) < 4.78 is 0. The van der Waals surface area contributed by atoms with Gasteiger partial charge >= 0.3 is 0 Å². The monoisotopic (exact) mass is 560 g/mol.